The molecule has 102 valence electrons. The third-order valence-electron chi connectivity index (χ3n) is 2.22. The average Bonchev–Trinajstić information content (AvgIpc) is 2.39. The van der Waals surface area contributed by atoms with Crippen LogP contribution in [0.2, 0.25) is 0 Å². The van der Waals surface area contributed by atoms with Gasteiger partial charge in [0.1, 0.15) is 0 Å². The molecule has 1 aromatic carbocycles. The zero-order valence-electron chi connectivity index (χ0n) is 10.3. The summed E-state index contributed by atoms with van der Waals surface area (Å²) in [6.07, 6.45) is -0.0979. The van der Waals surface area contributed by atoms with E-state index in [-0.39, 0.29) is 36.2 Å². The summed E-state index contributed by atoms with van der Waals surface area (Å²) in [4.78, 5) is 33.2. The van der Waals surface area contributed by atoms with Gasteiger partial charge in [0.2, 0.25) is 5.91 Å². The fourth-order valence-corrected chi connectivity index (χ4v) is 2.05. The van der Waals surface area contributed by atoms with E-state index in [0.29, 0.717) is 5.56 Å². The van der Waals surface area contributed by atoms with Gasteiger partial charge in [-0.05, 0) is 0 Å². The predicted octanol–water partition coefficient (Wildman–Crippen LogP) is 1.19. The smallest absolute Gasteiger partial charge is 0.305 e. The van der Waals surface area contributed by atoms with Crippen LogP contribution in [0.25, 0.3) is 0 Å². The minimum atomic E-state index is -0.952. The van der Waals surface area contributed by atoms with Crippen LogP contribution in [0.3, 0.4) is 0 Å². The first-order valence-electron chi connectivity index (χ1n) is 5.74. The van der Waals surface area contributed by atoms with Gasteiger partial charge in [-0.15, -0.1) is 11.8 Å². The molecule has 0 aliphatic heterocycles. The average molecular weight is 281 g/mol. The summed E-state index contributed by atoms with van der Waals surface area (Å²) in [6, 6.07) is 8.87. The van der Waals surface area contributed by atoms with Crippen molar-refractivity contribution in [3.8, 4) is 0 Å². The molecule has 0 fully saturated rings. The highest BCUT2D eigenvalue weighted by Gasteiger charge is 2.07. The number of aliphatic carboxylic acids is 1. The van der Waals surface area contributed by atoms with Gasteiger partial charge in [0.05, 0.1) is 17.9 Å². The lowest BCUT2D eigenvalue weighted by Crippen LogP contribution is -2.27. The number of rotatable bonds is 8. The number of nitrogens with one attached hydrogen (secondary N) is 1. The number of thioether (sulfide) groups is 1. The molecule has 5 nitrogen and oxygen atoms in total. The summed E-state index contributed by atoms with van der Waals surface area (Å²) >= 11 is 1.21. The molecule has 19 heavy (non-hydrogen) atoms. The Morgan fingerprint density at radius 2 is 1.79 bits per heavy atom. The van der Waals surface area contributed by atoms with Crippen molar-refractivity contribution in [1.29, 1.82) is 0 Å². The normalized spacial score (nSPS) is 9.89. The zero-order valence-corrected chi connectivity index (χ0v) is 11.1. The number of hydrogen-bond acceptors (Lipinski definition) is 4. The van der Waals surface area contributed by atoms with E-state index in [2.05, 4.69) is 5.32 Å². The molecule has 6 heteroatoms. The summed E-state index contributed by atoms with van der Waals surface area (Å²) in [5, 5.41) is 10.9. The molecule has 0 spiro atoms. The minimum Gasteiger partial charge on any atom is -0.481 e. The van der Waals surface area contributed by atoms with E-state index < -0.39 is 5.97 Å². The van der Waals surface area contributed by atoms with Crippen LogP contribution in [0.15, 0.2) is 30.3 Å². The van der Waals surface area contributed by atoms with Crippen molar-refractivity contribution in [2.75, 3.05) is 18.1 Å². The van der Waals surface area contributed by atoms with E-state index in [0.717, 1.165) is 0 Å². The van der Waals surface area contributed by atoms with Crippen LogP contribution < -0.4 is 5.32 Å². The van der Waals surface area contributed by atoms with Crippen LogP contribution in [0.5, 0.6) is 0 Å². The molecule has 0 radical (unpaired) electrons. The van der Waals surface area contributed by atoms with Gasteiger partial charge in [-0.2, -0.15) is 0 Å². The van der Waals surface area contributed by atoms with Crippen molar-refractivity contribution in [3.63, 3.8) is 0 Å². The predicted molar refractivity (Wildman–Crippen MR) is 73.4 cm³/mol. The van der Waals surface area contributed by atoms with Crippen LogP contribution in [-0.4, -0.2) is 40.8 Å². The molecule has 0 unspecified atom stereocenters. The van der Waals surface area contributed by atoms with E-state index in [4.69, 9.17) is 5.11 Å². The minimum absolute atomic E-state index is 0.0241. The van der Waals surface area contributed by atoms with Crippen LogP contribution >= 0.6 is 11.8 Å². The molecular formula is C13H15NO4S. The van der Waals surface area contributed by atoms with Crippen molar-refractivity contribution in [2.45, 2.75) is 6.42 Å². The van der Waals surface area contributed by atoms with Crippen molar-refractivity contribution in [1.82, 2.24) is 5.32 Å². The van der Waals surface area contributed by atoms with Gasteiger partial charge >= 0.3 is 5.97 Å². The molecule has 1 amide bonds. The van der Waals surface area contributed by atoms with Gasteiger partial charge in [0.25, 0.3) is 0 Å². The molecule has 0 bridgehead atoms. The summed E-state index contributed by atoms with van der Waals surface area (Å²) in [5.41, 5.74) is 0.626. The Labute approximate surface area is 115 Å². The number of benzene rings is 1. The number of carboxylic acids is 1. The van der Waals surface area contributed by atoms with Crippen molar-refractivity contribution < 1.29 is 19.5 Å². The van der Waals surface area contributed by atoms with Gasteiger partial charge < -0.3 is 10.4 Å². The number of carbonyl (C=O) groups excluding carboxylic acids is 2. The Morgan fingerprint density at radius 3 is 2.42 bits per heavy atom. The second kappa shape index (κ2) is 8.31. The van der Waals surface area contributed by atoms with Crippen molar-refractivity contribution in [2.24, 2.45) is 0 Å². The Bertz CT molecular complexity index is 447. The van der Waals surface area contributed by atoms with E-state index in [1.165, 1.54) is 11.8 Å². The second-order valence-corrected chi connectivity index (χ2v) is 4.76. The van der Waals surface area contributed by atoms with Crippen LogP contribution in [-0.2, 0) is 9.59 Å². The van der Waals surface area contributed by atoms with Crippen LogP contribution in [0.4, 0.5) is 0 Å². The summed E-state index contributed by atoms with van der Waals surface area (Å²) in [5.74, 6) is -0.850. The summed E-state index contributed by atoms with van der Waals surface area (Å²) < 4.78 is 0. The number of amides is 1. The Morgan fingerprint density at radius 1 is 1.11 bits per heavy atom. The Hall–Kier alpha value is -1.82. The number of ketones is 1. The van der Waals surface area contributed by atoms with Gasteiger partial charge in [0, 0.05) is 12.1 Å². The van der Waals surface area contributed by atoms with E-state index in [1.807, 2.05) is 6.07 Å². The van der Waals surface area contributed by atoms with Crippen LogP contribution in [0.1, 0.15) is 16.8 Å². The highest BCUT2D eigenvalue weighted by Crippen LogP contribution is 2.06. The van der Waals surface area contributed by atoms with Crippen molar-refractivity contribution >= 4 is 29.4 Å². The van der Waals surface area contributed by atoms with E-state index in [1.54, 1.807) is 24.3 Å². The highest BCUT2D eigenvalue weighted by atomic mass is 32.2. The maximum Gasteiger partial charge on any atom is 0.305 e. The lowest BCUT2D eigenvalue weighted by molar-refractivity contribution is -0.136. The van der Waals surface area contributed by atoms with Gasteiger partial charge in [-0.25, -0.2) is 0 Å². The summed E-state index contributed by atoms with van der Waals surface area (Å²) in [7, 11) is 0. The number of carboxylic acid groups (broad SMARTS) is 1. The molecule has 1 rings (SSSR count). The van der Waals surface area contributed by atoms with Crippen LogP contribution in [0, 0.1) is 0 Å². The topological polar surface area (TPSA) is 83.5 Å². The largest absolute Gasteiger partial charge is 0.481 e. The molecule has 2 N–H and O–H groups in total. The SMILES string of the molecule is O=C(O)CCNC(=O)CSCC(=O)c1ccccc1. The maximum atomic E-state index is 11.7. The molecule has 0 aliphatic rings. The third kappa shape index (κ3) is 6.61. The monoisotopic (exact) mass is 281 g/mol. The molecule has 0 aliphatic carbocycles. The third-order valence-corrected chi connectivity index (χ3v) is 3.16. The molecular weight excluding hydrogens is 266 g/mol. The second-order valence-electron chi connectivity index (χ2n) is 3.78. The van der Waals surface area contributed by atoms with Gasteiger partial charge in [-0.3, -0.25) is 14.4 Å². The molecule has 0 saturated heterocycles. The van der Waals surface area contributed by atoms with E-state index >= 15 is 0 Å². The number of hydrogen-bond donors (Lipinski definition) is 2. The maximum absolute atomic E-state index is 11.7. The Balaban J connectivity index is 2.18. The summed E-state index contributed by atoms with van der Waals surface area (Å²) in [6.45, 7) is 0.112. The first kappa shape index (κ1) is 15.2. The zero-order chi connectivity index (χ0) is 14.1. The van der Waals surface area contributed by atoms with Gasteiger partial charge in [0.15, 0.2) is 5.78 Å². The molecule has 0 heterocycles. The standard InChI is InChI=1S/C13H15NO4S/c15-11(10-4-2-1-3-5-10)8-19-9-12(16)14-7-6-13(17)18/h1-5H,6-9H2,(H,14,16)(H,17,18). The quantitative estimate of drug-likeness (QED) is 0.699. The van der Waals surface area contributed by atoms with E-state index in [9.17, 15) is 14.4 Å². The first-order chi connectivity index (χ1) is 9.09. The number of carbonyl (C=O) groups is 3. The van der Waals surface area contributed by atoms with Crippen molar-refractivity contribution in [3.05, 3.63) is 35.9 Å². The lowest BCUT2D eigenvalue weighted by atomic mass is 10.2. The fourth-order valence-electron chi connectivity index (χ4n) is 1.30. The lowest BCUT2D eigenvalue weighted by Gasteiger charge is -2.03. The molecule has 0 saturated carbocycles. The Kier molecular flexibility index (Phi) is 6.67. The van der Waals surface area contributed by atoms with Gasteiger partial charge in [-0.1, -0.05) is 30.3 Å². The number of Topliss-reactive ketones (excluding diaryl/α,β-unsaturated/α-hetero) is 1. The first-order valence-corrected chi connectivity index (χ1v) is 6.89. The molecule has 0 atom stereocenters. The fraction of sp³-hybridized carbons (Fsp3) is 0.308. The molecule has 0 aromatic heterocycles. The highest BCUT2D eigenvalue weighted by molar-refractivity contribution is 8.00. The molecule has 1 aromatic rings.